The minimum Gasteiger partial charge on any atom is -0.378 e. The highest BCUT2D eigenvalue weighted by Gasteiger charge is 2.66. The topological polar surface area (TPSA) is 150 Å². The fraction of sp³-hybridized carbons (Fsp3) is 0.750. The van der Waals surface area contributed by atoms with Crippen LogP contribution in [0.3, 0.4) is 0 Å². The molecule has 2 aliphatic heterocycles. The fourth-order valence-electron chi connectivity index (χ4n) is 4.24. The number of hydrazone groups is 1. The summed E-state index contributed by atoms with van der Waals surface area (Å²) in [6.45, 7) is 7.60. The van der Waals surface area contributed by atoms with Crippen LogP contribution < -0.4 is 22.8 Å². The molecule has 4 atom stereocenters. The fourth-order valence-corrected chi connectivity index (χ4v) is 4.24. The Labute approximate surface area is 181 Å². The Morgan fingerprint density at radius 1 is 1.32 bits per heavy atom. The number of H-pyrrole nitrogens is 1. The molecule has 3 heterocycles. The van der Waals surface area contributed by atoms with E-state index in [1.807, 2.05) is 0 Å². The van der Waals surface area contributed by atoms with Crippen LogP contribution in [0.4, 0.5) is 0 Å². The predicted octanol–water partition coefficient (Wildman–Crippen LogP) is -0.0128. The third-order valence-electron chi connectivity index (χ3n) is 5.90. The van der Waals surface area contributed by atoms with Gasteiger partial charge in [0.05, 0.1) is 13.2 Å². The molecular formula is C20H34N6O5. The van der Waals surface area contributed by atoms with Gasteiger partial charge in [-0.1, -0.05) is 26.7 Å². The Morgan fingerprint density at radius 3 is 2.71 bits per heavy atom. The van der Waals surface area contributed by atoms with Gasteiger partial charge in [-0.2, -0.15) is 0 Å². The molecule has 11 nitrogen and oxygen atoms in total. The van der Waals surface area contributed by atoms with Crippen LogP contribution in [0.1, 0.15) is 51.3 Å². The van der Waals surface area contributed by atoms with Gasteiger partial charge in [-0.3, -0.25) is 14.3 Å². The molecule has 0 aliphatic carbocycles. The van der Waals surface area contributed by atoms with Crippen LogP contribution in [0.15, 0.2) is 20.9 Å². The number of hydrogen-bond donors (Lipinski definition) is 3. The Balaban J connectivity index is 2.00. The van der Waals surface area contributed by atoms with Crippen molar-refractivity contribution in [2.45, 2.75) is 70.4 Å². The van der Waals surface area contributed by atoms with E-state index in [0.717, 1.165) is 25.7 Å². The van der Waals surface area contributed by atoms with Gasteiger partial charge in [-0.25, -0.2) is 4.79 Å². The lowest BCUT2D eigenvalue weighted by Crippen LogP contribution is -2.54. The van der Waals surface area contributed by atoms with Gasteiger partial charge in [-0.15, -0.1) is 5.10 Å². The van der Waals surface area contributed by atoms with Crippen molar-refractivity contribution >= 4 is 5.96 Å². The van der Waals surface area contributed by atoms with E-state index in [2.05, 4.69) is 23.9 Å². The lowest BCUT2D eigenvalue weighted by Gasteiger charge is -2.37. The molecule has 4 unspecified atom stereocenters. The number of guanidine groups is 1. The maximum Gasteiger partial charge on any atom is 0.330 e. The van der Waals surface area contributed by atoms with Gasteiger partial charge in [0.1, 0.15) is 17.7 Å². The van der Waals surface area contributed by atoms with Crippen molar-refractivity contribution in [2.75, 3.05) is 26.4 Å². The summed E-state index contributed by atoms with van der Waals surface area (Å²) < 4.78 is 20.1. The zero-order valence-electron chi connectivity index (χ0n) is 18.5. The van der Waals surface area contributed by atoms with Crippen molar-refractivity contribution < 1.29 is 14.2 Å². The molecule has 0 aromatic carbocycles. The zero-order chi connectivity index (χ0) is 22.6. The molecular weight excluding hydrogens is 404 g/mol. The number of morpholine rings is 1. The first kappa shape index (κ1) is 23.3. The molecule has 0 radical (unpaired) electrons. The van der Waals surface area contributed by atoms with Crippen LogP contribution in [0, 0.1) is 6.92 Å². The van der Waals surface area contributed by atoms with Crippen LogP contribution in [0.5, 0.6) is 0 Å². The number of likely N-dealkylation sites (tertiary alicyclic amines) is 1. The van der Waals surface area contributed by atoms with Gasteiger partial charge in [0.2, 0.25) is 5.96 Å². The first-order valence-corrected chi connectivity index (χ1v) is 10.9. The molecule has 0 saturated carbocycles. The SMILES string of the molecule is CCCCOCC12CN(C(N)=NN)C(C(n3cc(C)c(=O)[nH]c3=O)O1)C2OCCCC. The number of aryl methyl sites for hydroxylation is 1. The number of nitrogens with zero attached hydrogens (tertiary/aromatic N) is 3. The van der Waals surface area contributed by atoms with E-state index in [9.17, 15) is 9.59 Å². The van der Waals surface area contributed by atoms with Crippen LogP contribution in [-0.2, 0) is 14.2 Å². The molecule has 3 rings (SSSR count). The van der Waals surface area contributed by atoms with Crippen LogP contribution in [0.2, 0.25) is 0 Å². The minimum absolute atomic E-state index is 0.132. The summed E-state index contributed by atoms with van der Waals surface area (Å²) in [6.07, 6.45) is 4.15. The summed E-state index contributed by atoms with van der Waals surface area (Å²) in [6, 6.07) is -0.457. The molecule has 0 spiro atoms. The summed E-state index contributed by atoms with van der Waals surface area (Å²) in [5.41, 5.74) is 4.65. The molecule has 5 N–H and O–H groups in total. The van der Waals surface area contributed by atoms with E-state index >= 15 is 0 Å². The largest absolute Gasteiger partial charge is 0.378 e. The van der Waals surface area contributed by atoms with Crippen molar-refractivity contribution in [2.24, 2.45) is 16.7 Å². The summed E-state index contributed by atoms with van der Waals surface area (Å²) >= 11 is 0. The highest BCUT2D eigenvalue weighted by Crippen LogP contribution is 2.48. The van der Waals surface area contributed by atoms with Crippen molar-refractivity contribution in [1.29, 1.82) is 0 Å². The smallest absolute Gasteiger partial charge is 0.330 e. The lowest BCUT2D eigenvalue weighted by molar-refractivity contribution is -0.162. The second kappa shape index (κ2) is 9.84. The standard InChI is InChI=1S/C20H34N6O5/c1-4-6-8-29-12-20-11-26(18(21)24-22)14(15(20)30-9-7-5-2)17(31-20)25-10-13(3)16(27)23-19(25)28/h10,14-15,17H,4-9,11-12,22H2,1-3H3,(H2,21,24)(H,23,27,28). The molecule has 2 bridgehead atoms. The number of nitrogens with one attached hydrogen (secondary N) is 1. The van der Waals surface area contributed by atoms with Gasteiger partial charge in [0.25, 0.3) is 5.56 Å². The van der Waals surface area contributed by atoms with E-state index in [1.54, 1.807) is 11.8 Å². The monoisotopic (exact) mass is 438 g/mol. The number of rotatable bonds is 10. The molecule has 31 heavy (non-hydrogen) atoms. The summed E-state index contributed by atoms with van der Waals surface area (Å²) in [7, 11) is 0. The Morgan fingerprint density at radius 2 is 2.03 bits per heavy atom. The number of hydrogen-bond acceptors (Lipinski definition) is 7. The summed E-state index contributed by atoms with van der Waals surface area (Å²) in [5.74, 6) is 5.62. The van der Waals surface area contributed by atoms with Crippen molar-refractivity contribution in [3.63, 3.8) is 0 Å². The average Bonchev–Trinajstić information content (AvgIpc) is 3.23. The van der Waals surface area contributed by atoms with Gasteiger partial charge in [0.15, 0.2) is 6.23 Å². The number of aromatic nitrogens is 2. The molecule has 1 aromatic rings. The summed E-state index contributed by atoms with van der Waals surface area (Å²) in [5, 5.41) is 3.67. The zero-order valence-corrected chi connectivity index (χ0v) is 18.5. The lowest BCUT2D eigenvalue weighted by atomic mass is 10.00. The van der Waals surface area contributed by atoms with Crippen LogP contribution >= 0.6 is 0 Å². The maximum absolute atomic E-state index is 12.6. The molecule has 2 fully saturated rings. The van der Waals surface area contributed by atoms with E-state index in [0.29, 0.717) is 25.3 Å². The maximum atomic E-state index is 12.6. The highest BCUT2D eigenvalue weighted by atomic mass is 16.6. The van der Waals surface area contributed by atoms with Crippen molar-refractivity contribution in [3.8, 4) is 0 Å². The van der Waals surface area contributed by atoms with Crippen molar-refractivity contribution in [1.82, 2.24) is 14.5 Å². The van der Waals surface area contributed by atoms with E-state index in [1.165, 1.54) is 10.8 Å². The predicted molar refractivity (Wildman–Crippen MR) is 116 cm³/mol. The number of nitrogens with two attached hydrogens (primary N) is 2. The molecule has 2 aliphatic rings. The third kappa shape index (κ3) is 4.48. The van der Waals surface area contributed by atoms with E-state index < -0.39 is 35.2 Å². The van der Waals surface area contributed by atoms with Crippen molar-refractivity contribution in [3.05, 3.63) is 32.6 Å². The summed E-state index contributed by atoms with van der Waals surface area (Å²) in [4.78, 5) is 28.6. The Kier molecular flexibility index (Phi) is 7.39. The average molecular weight is 439 g/mol. The second-order valence-electron chi connectivity index (χ2n) is 8.21. The molecule has 174 valence electrons. The third-order valence-corrected chi connectivity index (χ3v) is 5.90. The van der Waals surface area contributed by atoms with Gasteiger partial charge >= 0.3 is 5.69 Å². The number of ether oxygens (including phenoxy) is 3. The Hall–Kier alpha value is -2.37. The number of fused-ring (bicyclic) bond motifs is 2. The quantitative estimate of drug-likeness (QED) is 0.152. The first-order valence-electron chi connectivity index (χ1n) is 10.9. The highest BCUT2D eigenvalue weighted by molar-refractivity contribution is 5.79. The molecule has 0 amide bonds. The van der Waals surface area contributed by atoms with Crippen LogP contribution in [0.25, 0.3) is 0 Å². The first-order chi connectivity index (χ1) is 14.9. The number of aromatic amines is 1. The van der Waals surface area contributed by atoms with Gasteiger partial charge in [-0.05, 0) is 19.8 Å². The second-order valence-corrected chi connectivity index (χ2v) is 8.21. The Bertz CT molecular complexity index is 899. The molecule has 11 heteroatoms. The van der Waals surface area contributed by atoms with E-state index in [4.69, 9.17) is 25.8 Å². The minimum atomic E-state index is -0.852. The van der Waals surface area contributed by atoms with Gasteiger partial charge < -0.3 is 30.7 Å². The van der Waals surface area contributed by atoms with Gasteiger partial charge in [0, 0.05) is 25.0 Å². The normalized spacial score (nSPS) is 27.9. The van der Waals surface area contributed by atoms with Crippen LogP contribution in [-0.4, -0.2) is 64.5 Å². The van der Waals surface area contributed by atoms with E-state index in [-0.39, 0.29) is 12.6 Å². The number of unbranched alkanes of at least 4 members (excludes halogenated alkanes) is 2. The molecule has 1 aromatic heterocycles. The molecule has 2 saturated heterocycles.